The molecule has 2 rings (SSSR count). The van der Waals surface area contributed by atoms with Crippen LogP contribution in [0.4, 0.5) is 11.6 Å². The molecule has 0 radical (unpaired) electrons. The van der Waals surface area contributed by atoms with E-state index >= 15 is 0 Å². The molecule has 0 spiro atoms. The smallest absolute Gasteiger partial charge is 0.350 e. The molecule has 1 aliphatic heterocycles. The van der Waals surface area contributed by atoms with E-state index in [1.807, 2.05) is 24.8 Å². The Morgan fingerprint density at radius 2 is 1.74 bits per heavy atom. The average molecular weight is 320 g/mol. The van der Waals surface area contributed by atoms with Crippen LogP contribution in [0.5, 0.6) is 0 Å². The molecule has 0 aliphatic carbocycles. The summed E-state index contributed by atoms with van der Waals surface area (Å²) >= 11 is 0. The minimum Gasteiger partial charge on any atom is -0.419 e. The lowest BCUT2D eigenvalue weighted by atomic mass is 10.2. The van der Waals surface area contributed by atoms with E-state index in [-0.39, 0.29) is 5.57 Å². The number of hydrogen-bond acceptors (Lipinski definition) is 8. The lowest BCUT2D eigenvalue weighted by molar-refractivity contribution is -0.222. The summed E-state index contributed by atoms with van der Waals surface area (Å²) in [7, 11) is 0. The summed E-state index contributed by atoms with van der Waals surface area (Å²) in [6.07, 6.45) is 1.21. The van der Waals surface area contributed by atoms with Crippen molar-refractivity contribution in [2.24, 2.45) is 0 Å². The summed E-state index contributed by atoms with van der Waals surface area (Å²) in [4.78, 5) is 25.6. The van der Waals surface area contributed by atoms with E-state index < -0.39 is 17.7 Å². The van der Waals surface area contributed by atoms with Crippen LogP contribution in [0.1, 0.15) is 27.7 Å². The van der Waals surface area contributed by atoms with E-state index in [1.54, 1.807) is 6.07 Å². The molecule has 0 saturated carbocycles. The van der Waals surface area contributed by atoms with Gasteiger partial charge in [-0.1, -0.05) is 0 Å². The monoisotopic (exact) mass is 320 g/mol. The van der Waals surface area contributed by atoms with Gasteiger partial charge in [0, 0.05) is 33.1 Å². The molecule has 2 heterocycles. The topological polar surface area (TPSA) is 93.7 Å². The van der Waals surface area contributed by atoms with E-state index in [4.69, 9.17) is 9.47 Å². The Hall–Kier alpha value is -2.64. The first-order valence-electron chi connectivity index (χ1n) is 7.38. The van der Waals surface area contributed by atoms with Gasteiger partial charge in [0.2, 0.25) is 0 Å². The van der Waals surface area contributed by atoms with E-state index in [0.29, 0.717) is 5.82 Å². The Balaban J connectivity index is 2.08. The van der Waals surface area contributed by atoms with E-state index in [2.05, 4.69) is 15.5 Å². The van der Waals surface area contributed by atoms with Crippen molar-refractivity contribution >= 4 is 23.6 Å². The maximum absolute atomic E-state index is 11.8. The molecule has 1 N–H and O–H groups in total. The summed E-state index contributed by atoms with van der Waals surface area (Å²) in [5.74, 6) is -1.58. The van der Waals surface area contributed by atoms with Crippen LogP contribution in [0.3, 0.4) is 0 Å². The van der Waals surface area contributed by atoms with Crippen LogP contribution in [0.25, 0.3) is 0 Å². The molecule has 8 nitrogen and oxygen atoms in total. The fourth-order valence-corrected chi connectivity index (χ4v) is 2.04. The normalized spacial score (nSPS) is 16.4. The first-order chi connectivity index (χ1) is 10.9. The summed E-state index contributed by atoms with van der Waals surface area (Å²) in [6, 6.07) is 3.52. The third-order valence-electron chi connectivity index (χ3n) is 3.22. The van der Waals surface area contributed by atoms with Gasteiger partial charge in [-0.3, -0.25) is 0 Å². The van der Waals surface area contributed by atoms with Crippen molar-refractivity contribution in [3.05, 3.63) is 23.9 Å². The molecule has 8 heteroatoms. The fourth-order valence-electron chi connectivity index (χ4n) is 2.04. The third-order valence-corrected chi connectivity index (χ3v) is 3.22. The number of carbonyl (C=O) groups excluding carboxylic acids is 2. The molecule has 23 heavy (non-hydrogen) atoms. The van der Waals surface area contributed by atoms with Crippen molar-refractivity contribution < 1.29 is 19.1 Å². The highest BCUT2D eigenvalue weighted by Gasteiger charge is 2.38. The molecular formula is C15H20N4O4. The van der Waals surface area contributed by atoms with Crippen LogP contribution in [-0.4, -0.2) is 41.0 Å². The Bertz CT molecular complexity index is 599. The summed E-state index contributed by atoms with van der Waals surface area (Å²) in [5.41, 5.74) is -0.223. The van der Waals surface area contributed by atoms with Gasteiger partial charge in [-0.25, -0.2) is 9.59 Å². The Morgan fingerprint density at radius 1 is 1.13 bits per heavy atom. The number of carbonyl (C=O) groups is 2. The third kappa shape index (κ3) is 3.97. The first kappa shape index (κ1) is 16.7. The van der Waals surface area contributed by atoms with Crippen LogP contribution >= 0.6 is 0 Å². The predicted octanol–water partition coefficient (Wildman–Crippen LogP) is 1.45. The predicted molar refractivity (Wildman–Crippen MR) is 83.6 cm³/mol. The molecule has 1 fully saturated rings. The van der Waals surface area contributed by atoms with Gasteiger partial charge in [0.25, 0.3) is 5.79 Å². The SMILES string of the molecule is CCN(CC)c1ccc(NC=C2C(=O)OC(C)(C)OC2=O)nn1. The second-order valence-corrected chi connectivity index (χ2v) is 5.33. The second kappa shape index (κ2) is 6.64. The molecule has 0 aromatic carbocycles. The molecule has 0 bridgehead atoms. The van der Waals surface area contributed by atoms with Gasteiger partial charge < -0.3 is 19.7 Å². The zero-order valence-corrected chi connectivity index (χ0v) is 13.6. The number of hydrogen-bond donors (Lipinski definition) is 1. The van der Waals surface area contributed by atoms with Crippen molar-refractivity contribution in [2.45, 2.75) is 33.5 Å². The highest BCUT2D eigenvalue weighted by atomic mass is 16.7. The quantitative estimate of drug-likeness (QED) is 0.495. The lowest BCUT2D eigenvalue weighted by Crippen LogP contribution is -2.42. The van der Waals surface area contributed by atoms with Gasteiger partial charge in [-0.2, -0.15) is 0 Å². The Morgan fingerprint density at radius 3 is 2.22 bits per heavy atom. The van der Waals surface area contributed by atoms with Crippen molar-refractivity contribution in [3.63, 3.8) is 0 Å². The Kier molecular flexibility index (Phi) is 4.83. The molecule has 1 aromatic rings. The van der Waals surface area contributed by atoms with E-state index in [0.717, 1.165) is 18.9 Å². The molecule has 1 saturated heterocycles. The molecule has 124 valence electrons. The summed E-state index contributed by atoms with van der Waals surface area (Å²) in [5, 5.41) is 10.9. The lowest BCUT2D eigenvalue weighted by Gasteiger charge is -2.29. The molecule has 0 atom stereocenters. The number of nitrogens with one attached hydrogen (secondary N) is 1. The van der Waals surface area contributed by atoms with E-state index in [9.17, 15) is 9.59 Å². The highest BCUT2D eigenvalue weighted by Crippen LogP contribution is 2.22. The number of ether oxygens (including phenoxy) is 2. The number of rotatable bonds is 5. The summed E-state index contributed by atoms with van der Waals surface area (Å²) in [6.45, 7) is 8.70. The van der Waals surface area contributed by atoms with Gasteiger partial charge in [-0.05, 0) is 26.0 Å². The average Bonchev–Trinajstić information content (AvgIpc) is 2.48. The fraction of sp³-hybridized carbons (Fsp3) is 0.467. The maximum Gasteiger partial charge on any atom is 0.350 e. The van der Waals surface area contributed by atoms with E-state index in [1.165, 1.54) is 20.0 Å². The number of aromatic nitrogens is 2. The zero-order valence-electron chi connectivity index (χ0n) is 13.6. The zero-order chi connectivity index (χ0) is 17.0. The number of cyclic esters (lactones) is 2. The molecule has 0 amide bonds. The minimum absolute atomic E-state index is 0.223. The standard InChI is InChI=1S/C15H20N4O4/c1-5-19(6-2)12-8-7-11(17-18-12)16-9-10-13(20)22-15(3,4)23-14(10)21/h7-9H,5-6H2,1-4H3,(H,16,17). The number of anilines is 2. The van der Waals surface area contributed by atoms with Gasteiger partial charge in [0.05, 0.1) is 0 Å². The first-order valence-corrected chi connectivity index (χ1v) is 7.38. The van der Waals surface area contributed by atoms with Crippen LogP contribution in [0.2, 0.25) is 0 Å². The van der Waals surface area contributed by atoms with Crippen LogP contribution in [-0.2, 0) is 19.1 Å². The number of nitrogens with zero attached hydrogens (tertiary/aromatic N) is 3. The molecule has 1 aromatic heterocycles. The van der Waals surface area contributed by atoms with Gasteiger partial charge in [-0.15, -0.1) is 10.2 Å². The van der Waals surface area contributed by atoms with Crippen LogP contribution in [0, 0.1) is 0 Å². The van der Waals surface area contributed by atoms with Gasteiger partial charge >= 0.3 is 11.9 Å². The van der Waals surface area contributed by atoms with Crippen molar-refractivity contribution in [1.82, 2.24) is 10.2 Å². The number of esters is 2. The highest BCUT2D eigenvalue weighted by molar-refractivity contribution is 6.15. The molecule has 1 aliphatic rings. The van der Waals surface area contributed by atoms with Crippen molar-refractivity contribution in [3.8, 4) is 0 Å². The minimum atomic E-state index is -1.25. The molecule has 0 unspecified atom stereocenters. The van der Waals surface area contributed by atoms with Crippen LogP contribution < -0.4 is 10.2 Å². The molecular weight excluding hydrogens is 300 g/mol. The van der Waals surface area contributed by atoms with Crippen molar-refractivity contribution in [1.29, 1.82) is 0 Å². The largest absolute Gasteiger partial charge is 0.419 e. The second-order valence-electron chi connectivity index (χ2n) is 5.33. The van der Waals surface area contributed by atoms with Crippen LogP contribution in [0.15, 0.2) is 23.9 Å². The Labute approximate surface area is 134 Å². The summed E-state index contributed by atoms with van der Waals surface area (Å²) < 4.78 is 9.98. The maximum atomic E-state index is 11.8. The van der Waals surface area contributed by atoms with Gasteiger partial charge in [0.1, 0.15) is 0 Å². The van der Waals surface area contributed by atoms with Crippen molar-refractivity contribution in [2.75, 3.05) is 23.3 Å². The van der Waals surface area contributed by atoms with Gasteiger partial charge in [0.15, 0.2) is 17.2 Å².